The molecule has 7 nitrogen and oxygen atoms in total. The highest BCUT2D eigenvalue weighted by Gasteiger charge is 2.23. The molecule has 0 N–H and O–H groups in total. The Balaban J connectivity index is 1.49. The maximum Gasteiger partial charge on any atom is 0.233 e. The number of ether oxygens (including phenoxy) is 2. The van der Waals surface area contributed by atoms with Crippen molar-refractivity contribution in [1.82, 2.24) is 19.7 Å². The Morgan fingerprint density at radius 3 is 2.60 bits per heavy atom. The molecule has 0 bridgehead atoms. The van der Waals surface area contributed by atoms with Gasteiger partial charge in [-0.1, -0.05) is 48.5 Å². The Morgan fingerprint density at radius 1 is 1.17 bits per heavy atom. The first-order chi connectivity index (χ1) is 17.1. The van der Waals surface area contributed by atoms with Crippen molar-refractivity contribution in [2.75, 3.05) is 26.0 Å². The minimum atomic E-state index is 0.107. The highest BCUT2D eigenvalue weighted by atomic mass is 32.2. The van der Waals surface area contributed by atoms with E-state index in [4.69, 9.17) is 9.47 Å². The van der Waals surface area contributed by atoms with Gasteiger partial charge in [-0.2, -0.15) is 0 Å². The minimum absolute atomic E-state index is 0.107. The van der Waals surface area contributed by atoms with Gasteiger partial charge in [-0.3, -0.25) is 9.36 Å². The van der Waals surface area contributed by atoms with Gasteiger partial charge in [-0.25, -0.2) is 0 Å². The molecule has 3 aromatic rings. The third kappa shape index (κ3) is 6.64. The predicted octanol–water partition coefficient (Wildman–Crippen LogP) is 4.97. The molecule has 0 saturated carbocycles. The molecule has 1 aromatic heterocycles. The van der Waals surface area contributed by atoms with Crippen LogP contribution in [-0.4, -0.2) is 57.7 Å². The SMILES string of the molecule is CCCN(Cc1ccc(C)cc1)C(=O)CSc1nnc(-c2ccc(OC)cc2)n1C[C@@H]1CCCO1. The quantitative estimate of drug-likeness (QED) is 0.351. The molecule has 1 saturated heterocycles. The van der Waals surface area contributed by atoms with Crippen LogP contribution in [-0.2, 0) is 22.6 Å². The summed E-state index contributed by atoms with van der Waals surface area (Å²) in [6.07, 6.45) is 3.14. The Hall–Kier alpha value is -2.84. The second kappa shape index (κ2) is 12.2. The zero-order chi connectivity index (χ0) is 24.6. The molecule has 0 spiro atoms. The number of aryl methyl sites for hydroxylation is 1. The average Bonchev–Trinajstić information content (AvgIpc) is 3.54. The third-order valence-corrected chi connectivity index (χ3v) is 7.09. The number of carbonyl (C=O) groups excluding carboxylic acids is 1. The Bertz CT molecular complexity index is 1090. The van der Waals surface area contributed by atoms with E-state index < -0.39 is 0 Å². The second-order valence-electron chi connectivity index (χ2n) is 8.87. The molecule has 8 heteroatoms. The monoisotopic (exact) mass is 494 g/mol. The number of aromatic nitrogens is 3. The number of thioether (sulfide) groups is 1. The van der Waals surface area contributed by atoms with Gasteiger partial charge in [0, 0.05) is 25.3 Å². The zero-order valence-corrected chi connectivity index (χ0v) is 21.6. The van der Waals surface area contributed by atoms with Crippen LogP contribution in [0.25, 0.3) is 11.4 Å². The van der Waals surface area contributed by atoms with Crippen molar-refractivity contribution in [3.63, 3.8) is 0 Å². The van der Waals surface area contributed by atoms with Gasteiger partial charge in [0.25, 0.3) is 0 Å². The van der Waals surface area contributed by atoms with E-state index in [2.05, 4.69) is 52.9 Å². The summed E-state index contributed by atoms with van der Waals surface area (Å²) in [7, 11) is 1.65. The molecule has 1 aliphatic heterocycles. The van der Waals surface area contributed by atoms with E-state index in [1.54, 1.807) is 7.11 Å². The molecule has 0 unspecified atom stereocenters. The first kappa shape index (κ1) is 25.3. The van der Waals surface area contributed by atoms with E-state index in [-0.39, 0.29) is 12.0 Å². The van der Waals surface area contributed by atoms with Gasteiger partial charge < -0.3 is 14.4 Å². The third-order valence-electron chi connectivity index (χ3n) is 6.14. The number of benzene rings is 2. The van der Waals surface area contributed by atoms with Gasteiger partial charge in [0.1, 0.15) is 5.75 Å². The van der Waals surface area contributed by atoms with Crippen molar-refractivity contribution >= 4 is 17.7 Å². The molecule has 0 radical (unpaired) electrons. The fraction of sp³-hybridized carbons (Fsp3) is 0.444. The number of nitrogens with zero attached hydrogens (tertiary/aromatic N) is 4. The molecule has 2 heterocycles. The van der Waals surface area contributed by atoms with Crippen molar-refractivity contribution in [3.05, 3.63) is 59.7 Å². The summed E-state index contributed by atoms with van der Waals surface area (Å²) >= 11 is 1.45. The lowest BCUT2D eigenvalue weighted by molar-refractivity contribution is -0.129. The molecule has 1 fully saturated rings. The van der Waals surface area contributed by atoms with Crippen LogP contribution in [0.2, 0.25) is 0 Å². The fourth-order valence-corrected chi connectivity index (χ4v) is 5.05. The highest BCUT2D eigenvalue weighted by Crippen LogP contribution is 2.28. The van der Waals surface area contributed by atoms with E-state index in [9.17, 15) is 4.79 Å². The largest absolute Gasteiger partial charge is 0.497 e. The first-order valence-corrected chi connectivity index (χ1v) is 13.2. The van der Waals surface area contributed by atoms with Crippen molar-refractivity contribution in [2.24, 2.45) is 0 Å². The van der Waals surface area contributed by atoms with Crippen LogP contribution >= 0.6 is 11.8 Å². The molecule has 1 amide bonds. The molecule has 35 heavy (non-hydrogen) atoms. The normalized spacial score (nSPS) is 15.3. The molecule has 0 aliphatic carbocycles. The van der Waals surface area contributed by atoms with E-state index in [0.29, 0.717) is 18.8 Å². The smallest absolute Gasteiger partial charge is 0.233 e. The van der Waals surface area contributed by atoms with Crippen molar-refractivity contribution in [1.29, 1.82) is 0 Å². The van der Waals surface area contributed by atoms with Crippen LogP contribution in [0.4, 0.5) is 0 Å². The number of rotatable bonds is 11. The van der Waals surface area contributed by atoms with Crippen LogP contribution < -0.4 is 4.74 Å². The minimum Gasteiger partial charge on any atom is -0.497 e. The van der Waals surface area contributed by atoms with Crippen LogP contribution in [0.15, 0.2) is 53.7 Å². The molecule has 1 aliphatic rings. The standard InChI is InChI=1S/C27H34N4O3S/c1-4-15-30(17-21-9-7-20(2)8-10-21)25(32)19-35-27-29-28-26(22-11-13-23(33-3)14-12-22)31(27)18-24-6-5-16-34-24/h7-14,24H,4-6,15-19H2,1-3H3/t24-/m0/s1. The number of hydrogen-bond donors (Lipinski definition) is 0. The summed E-state index contributed by atoms with van der Waals surface area (Å²) < 4.78 is 13.3. The number of methoxy groups -OCH3 is 1. The molecule has 186 valence electrons. The summed E-state index contributed by atoms with van der Waals surface area (Å²) in [4.78, 5) is 15.1. The predicted molar refractivity (Wildman–Crippen MR) is 139 cm³/mol. The van der Waals surface area contributed by atoms with Crippen molar-refractivity contribution < 1.29 is 14.3 Å². The zero-order valence-electron chi connectivity index (χ0n) is 20.8. The van der Waals surface area contributed by atoms with Crippen LogP contribution in [0.3, 0.4) is 0 Å². The summed E-state index contributed by atoms with van der Waals surface area (Å²) in [6.45, 7) is 6.98. The van der Waals surface area contributed by atoms with Gasteiger partial charge in [0.05, 0.1) is 25.5 Å². The lowest BCUT2D eigenvalue weighted by atomic mass is 10.1. The number of carbonyl (C=O) groups is 1. The Labute approximate surface area is 211 Å². The van der Waals surface area contributed by atoms with Gasteiger partial charge in [0.15, 0.2) is 11.0 Å². The van der Waals surface area contributed by atoms with Gasteiger partial charge in [-0.05, 0) is 56.0 Å². The van der Waals surface area contributed by atoms with Crippen LogP contribution in [0.1, 0.15) is 37.3 Å². The molecule has 2 aromatic carbocycles. The summed E-state index contributed by atoms with van der Waals surface area (Å²) in [5.41, 5.74) is 3.32. The summed E-state index contributed by atoms with van der Waals surface area (Å²) in [5.74, 6) is 2.00. The fourth-order valence-electron chi connectivity index (χ4n) is 4.20. The lowest BCUT2D eigenvalue weighted by Crippen LogP contribution is -2.32. The maximum absolute atomic E-state index is 13.2. The van der Waals surface area contributed by atoms with Crippen LogP contribution in [0, 0.1) is 6.92 Å². The molecular formula is C27H34N4O3S. The Morgan fingerprint density at radius 2 is 1.94 bits per heavy atom. The topological polar surface area (TPSA) is 69.5 Å². The first-order valence-electron chi connectivity index (χ1n) is 12.2. The second-order valence-corrected chi connectivity index (χ2v) is 9.81. The van der Waals surface area contributed by atoms with Gasteiger partial charge in [-0.15, -0.1) is 10.2 Å². The van der Waals surface area contributed by atoms with Gasteiger partial charge >= 0.3 is 0 Å². The molecule has 4 rings (SSSR count). The molecule has 1 atom stereocenters. The van der Waals surface area contributed by atoms with E-state index in [1.807, 2.05) is 29.2 Å². The van der Waals surface area contributed by atoms with E-state index in [1.165, 1.54) is 17.3 Å². The average molecular weight is 495 g/mol. The molecular weight excluding hydrogens is 460 g/mol. The summed E-state index contributed by atoms with van der Waals surface area (Å²) in [5, 5.41) is 9.70. The van der Waals surface area contributed by atoms with Crippen molar-refractivity contribution in [3.8, 4) is 17.1 Å². The van der Waals surface area contributed by atoms with E-state index >= 15 is 0 Å². The summed E-state index contributed by atoms with van der Waals surface area (Å²) in [6, 6.07) is 16.2. The Kier molecular flexibility index (Phi) is 8.82. The maximum atomic E-state index is 13.2. The van der Waals surface area contributed by atoms with Crippen LogP contribution in [0.5, 0.6) is 5.75 Å². The lowest BCUT2D eigenvalue weighted by Gasteiger charge is -2.22. The number of hydrogen-bond acceptors (Lipinski definition) is 6. The number of amides is 1. The highest BCUT2D eigenvalue weighted by molar-refractivity contribution is 7.99. The van der Waals surface area contributed by atoms with Gasteiger partial charge in [0.2, 0.25) is 5.91 Å². The van der Waals surface area contributed by atoms with E-state index in [0.717, 1.165) is 60.3 Å². The van der Waals surface area contributed by atoms with Crippen molar-refractivity contribution in [2.45, 2.75) is 57.5 Å².